The summed E-state index contributed by atoms with van der Waals surface area (Å²) in [5, 5.41) is 0. The molecule has 0 bridgehead atoms. The van der Waals surface area contributed by atoms with Gasteiger partial charge in [0.25, 0.3) is 0 Å². The van der Waals surface area contributed by atoms with Gasteiger partial charge in [-0.25, -0.2) is 0 Å². The number of hydrogen-bond donors (Lipinski definition) is 0. The maximum atomic E-state index is 12.2. The Bertz CT molecular complexity index is 445. The van der Waals surface area contributed by atoms with Crippen molar-refractivity contribution in [3.8, 4) is 0 Å². The lowest BCUT2D eigenvalue weighted by Gasteiger charge is -2.20. The molecule has 3 heteroatoms. The Kier molecular flexibility index (Phi) is 2.96. The Morgan fingerprint density at radius 2 is 2.00 bits per heavy atom. The van der Waals surface area contributed by atoms with Crippen molar-refractivity contribution in [2.45, 2.75) is 46.1 Å². The maximum absolute atomic E-state index is 12.2. The zero-order chi connectivity index (χ0) is 13.6. The maximum Gasteiger partial charge on any atom is 0.310 e. The summed E-state index contributed by atoms with van der Waals surface area (Å²) in [4.78, 5) is 16.5. The lowest BCUT2D eigenvalue weighted by atomic mass is 10.1. The van der Waals surface area contributed by atoms with Gasteiger partial charge in [-0.15, -0.1) is 0 Å². The monoisotopic (exact) mass is 247 g/mol. The second-order valence-electron chi connectivity index (χ2n) is 6.56. The van der Waals surface area contributed by atoms with Crippen LogP contribution < -0.4 is 0 Å². The highest BCUT2D eigenvalue weighted by Gasteiger charge is 2.64. The number of hydrogen-bond acceptors (Lipinski definition) is 3. The normalized spacial score (nSPS) is 25.6. The molecule has 1 heterocycles. The van der Waals surface area contributed by atoms with E-state index in [4.69, 9.17) is 4.74 Å². The van der Waals surface area contributed by atoms with Crippen LogP contribution in [-0.2, 0) is 9.53 Å². The highest BCUT2D eigenvalue weighted by Crippen LogP contribution is 2.64. The smallest absolute Gasteiger partial charge is 0.310 e. The number of pyridine rings is 1. The topological polar surface area (TPSA) is 39.2 Å². The van der Waals surface area contributed by atoms with E-state index < -0.39 is 5.60 Å². The third-order valence-electron chi connectivity index (χ3n) is 3.49. The number of nitrogens with zero attached hydrogens (tertiary/aromatic N) is 1. The number of ether oxygens (including phenoxy) is 1. The predicted molar refractivity (Wildman–Crippen MR) is 70.1 cm³/mol. The van der Waals surface area contributed by atoms with Crippen molar-refractivity contribution in [2.24, 2.45) is 11.3 Å². The average Bonchev–Trinajstić information content (AvgIpc) is 2.80. The zero-order valence-corrected chi connectivity index (χ0v) is 11.7. The van der Waals surface area contributed by atoms with Crippen molar-refractivity contribution >= 4 is 5.97 Å². The number of aromatic nitrogens is 1. The standard InChI is InChI=1S/C15H21NO2/c1-14(2,3)18-13(17)12-11(15(12,4)5)10-8-6-7-9-16-10/h6-9,11-12H,1-5H3. The molecular formula is C15H21NO2. The van der Waals surface area contributed by atoms with Gasteiger partial charge in [0.1, 0.15) is 5.60 Å². The molecular weight excluding hydrogens is 226 g/mol. The molecule has 0 amide bonds. The average molecular weight is 247 g/mol. The van der Waals surface area contributed by atoms with E-state index >= 15 is 0 Å². The van der Waals surface area contributed by atoms with Gasteiger partial charge in [-0.3, -0.25) is 9.78 Å². The fourth-order valence-corrected chi connectivity index (χ4v) is 2.55. The highest BCUT2D eigenvalue weighted by atomic mass is 16.6. The van der Waals surface area contributed by atoms with Gasteiger partial charge in [0.2, 0.25) is 0 Å². The summed E-state index contributed by atoms with van der Waals surface area (Å²) >= 11 is 0. The SMILES string of the molecule is CC(C)(C)OC(=O)C1C(c2ccccn2)C1(C)C. The van der Waals surface area contributed by atoms with Crippen molar-refractivity contribution < 1.29 is 9.53 Å². The third-order valence-corrected chi connectivity index (χ3v) is 3.49. The minimum Gasteiger partial charge on any atom is -0.460 e. The molecule has 3 nitrogen and oxygen atoms in total. The van der Waals surface area contributed by atoms with Crippen LogP contribution in [0.15, 0.2) is 24.4 Å². The Hall–Kier alpha value is -1.38. The Morgan fingerprint density at radius 1 is 1.33 bits per heavy atom. The van der Waals surface area contributed by atoms with Gasteiger partial charge in [-0.1, -0.05) is 19.9 Å². The molecule has 1 aromatic heterocycles. The van der Waals surface area contributed by atoms with E-state index in [0.29, 0.717) is 0 Å². The summed E-state index contributed by atoms with van der Waals surface area (Å²) in [5.74, 6) is -0.0108. The second kappa shape index (κ2) is 4.08. The first-order valence-electron chi connectivity index (χ1n) is 6.37. The minimum absolute atomic E-state index is 0.0588. The molecule has 0 spiro atoms. The summed E-state index contributed by atoms with van der Waals surface area (Å²) in [6.45, 7) is 9.89. The fraction of sp³-hybridized carbons (Fsp3) is 0.600. The molecule has 1 aliphatic carbocycles. The van der Waals surface area contributed by atoms with Crippen molar-refractivity contribution in [3.63, 3.8) is 0 Å². The fourth-order valence-electron chi connectivity index (χ4n) is 2.55. The summed E-state index contributed by atoms with van der Waals surface area (Å²) in [7, 11) is 0. The van der Waals surface area contributed by atoms with Crippen molar-refractivity contribution in [2.75, 3.05) is 0 Å². The lowest BCUT2D eigenvalue weighted by molar-refractivity contribution is -0.157. The van der Waals surface area contributed by atoms with E-state index in [9.17, 15) is 4.79 Å². The van der Waals surface area contributed by atoms with Crippen LogP contribution in [-0.4, -0.2) is 16.6 Å². The largest absolute Gasteiger partial charge is 0.460 e. The molecule has 0 aliphatic heterocycles. The number of esters is 1. The summed E-state index contributed by atoms with van der Waals surface area (Å²) in [6, 6.07) is 5.83. The Balaban J connectivity index is 2.15. The molecule has 0 N–H and O–H groups in total. The predicted octanol–water partition coefficient (Wildman–Crippen LogP) is 3.16. The number of carbonyl (C=O) groups excluding carboxylic acids is 1. The molecule has 2 unspecified atom stereocenters. The van der Waals surface area contributed by atoms with Crippen molar-refractivity contribution in [1.82, 2.24) is 4.98 Å². The molecule has 1 saturated carbocycles. The zero-order valence-electron chi connectivity index (χ0n) is 11.7. The molecule has 0 aromatic carbocycles. The first-order valence-corrected chi connectivity index (χ1v) is 6.37. The van der Waals surface area contributed by atoms with Gasteiger partial charge < -0.3 is 4.74 Å². The van der Waals surface area contributed by atoms with E-state index in [-0.39, 0.29) is 23.2 Å². The molecule has 18 heavy (non-hydrogen) atoms. The molecule has 1 fully saturated rings. The van der Waals surface area contributed by atoms with Gasteiger partial charge in [0.05, 0.1) is 5.92 Å². The van der Waals surface area contributed by atoms with E-state index in [1.165, 1.54) is 0 Å². The summed E-state index contributed by atoms with van der Waals surface area (Å²) in [5.41, 5.74) is 0.500. The first kappa shape index (κ1) is 13.1. The van der Waals surface area contributed by atoms with E-state index in [1.54, 1.807) is 6.20 Å². The van der Waals surface area contributed by atoms with Gasteiger partial charge in [-0.05, 0) is 38.3 Å². The molecule has 98 valence electrons. The molecule has 1 aromatic rings. The lowest BCUT2D eigenvalue weighted by Crippen LogP contribution is -2.26. The van der Waals surface area contributed by atoms with E-state index in [2.05, 4.69) is 18.8 Å². The van der Waals surface area contributed by atoms with E-state index in [0.717, 1.165) is 5.69 Å². The Morgan fingerprint density at radius 3 is 2.50 bits per heavy atom. The van der Waals surface area contributed by atoms with Crippen LogP contribution in [0.4, 0.5) is 0 Å². The van der Waals surface area contributed by atoms with Crippen LogP contribution in [0, 0.1) is 11.3 Å². The number of carbonyl (C=O) groups is 1. The highest BCUT2D eigenvalue weighted by molar-refractivity contribution is 5.79. The van der Waals surface area contributed by atoms with E-state index in [1.807, 2.05) is 39.0 Å². The molecule has 1 aliphatic rings. The molecule has 2 atom stereocenters. The van der Waals surface area contributed by atoms with Crippen LogP contribution in [0.5, 0.6) is 0 Å². The first-order chi connectivity index (χ1) is 8.23. The van der Waals surface area contributed by atoms with Crippen molar-refractivity contribution in [3.05, 3.63) is 30.1 Å². The van der Waals surface area contributed by atoms with Crippen LogP contribution >= 0.6 is 0 Å². The van der Waals surface area contributed by atoms with Gasteiger partial charge >= 0.3 is 5.97 Å². The van der Waals surface area contributed by atoms with Crippen molar-refractivity contribution in [1.29, 1.82) is 0 Å². The molecule has 2 rings (SSSR count). The minimum atomic E-state index is -0.426. The molecule has 0 radical (unpaired) electrons. The number of rotatable bonds is 2. The van der Waals surface area contributed by atoms with Gasteiger partial charge in [0, 0.05) is 17.8 Å². The quantitative estimate of drug-likeness (QED) is 0.753. The van der Waals surface area contributed by atoms with Crippen LogP contribution in [0.2, 0.25) is 0 Å². The summed E-state index contributed by atoms with van der Waals surface area (Å²) < 4.78 is 5.48. The second-order valence-corrected chi connectivity index (χ2v) is 6.56. The summed E-state index contributed by atoms with van der Waals surface area (Å²) in [6.07, 6.45) is 1.77. The van der Waals surface area contributed by atoms with Crippen LogP contribution in [0.25, 0.3) is 0 Å². The van der Waals surface area contributed by atoms with Crippen LogP contribution in [0.1, 0.15) is 46.2 Å². The van der Waals surface area contributed by atoms with Gasteiger partial charge in [-0.2, -0.15) is 0 Å². The Labute approximate surface area is 109 Å². The third kappa shape index (κ3) is 2.40. The van der Waals surface area contributed by atoms with Gasteiger partial charge in [0.15, 0.2) is 0 Å². The molecule has 0 saturated heterocycles. The van der Waals surface area contributed by atoms with Crippen LogP contribution in [0.3, 0.4) is 0 Å².